The number of amides is 1. The second-order valence-corrected chi connectivity index (χ2v) is 8.99. The lowest BCUT2D eigenvalue weighted by molar-refractivity contribution is -0.137. The molecular weight excluding hydrogens is 554 g/mol. The van der Waals surface area contributed by atoms with Crippen LogP contribution in [0.5, 0.6) is 0 Å². The highest BCUT2D eigenvalue weighted by Crippen LogP contribution is 2.41. The molecule has 1 aliphatic rings. The van der Waals surface area contributed by atoms with Crippen LogP contribution in [0.2, 0.25) is 5.02 Å². The highest BCUT2D eigenvalue weighted by molar-refractivity contribution is 6.31. The maximum Gasteiger partial charge on any atom is 0.330 e. The summed E-state index contributed by atoms with van der Waals surface area (Å²) in [5.74, 6) is -2.96. The first-order valence-electron chi connectivity index (χ1n) is 13.0. The molecule has 0 spiro atoms. The Morgan fingerprint density at radius 1 is 0.927 bits per heavy atom. The minimum atomic E-state index is -1.26. The number of nitrogens with zero attached hydrogens (tertiary/aromatic N) is 2. The predicted molar refractivity (Wildman–Crippen MR) is 156 cm³/mol. The van der Waals surface area contributed by atoms with Crippen molar-refractivity contribution in [3.8, 4) is 0 Å². The van der Waals surface area contributed by atoms with Crippen LogP contribution in [0.25, 0.3) is 0 Å². The molecule has 220 valence electrons. The molecule has 0 atom stereocenters. The average Bonchev–Trinajstić information content (AvgIpc) is 3.03. The highest BCUT2D eigenvalue weighted by atomic mass is 35.5. The number of hydrogen-bond acceptors (Lipinski definition) is 8. The second-order valence-electron chi connectivity index (χ2n) is 8.56. The molecule has 2 aromatic carbocycles. The van der Waals surface area contributed by atoms with Crippen molar-refractivity contribution in [1.29, 1.82) is 0 Å². The van der Waals surface area contributed by atoms with E-state index in [-0.39, 0.29) is 18.5 Å². The van der Waals surface area contributed by atoms with Gasteiger partial charge >= 0.3 is 17.9 Å². The van der Waals surface area contributed by atoms with Gasteiger partial charge in [0, 0.05) is 49.5 Å². The van der Waals surface area contributed by atoms with Gasteiger partial charge in [0.15, 0.2) is 0 Å². The van der Waals surface area contributed by atoms with Crippen molar-refractivity contribution in [2.24, 2.45) is 0 Å². The van der Waals surface area contributed by atoms with E-state index in [0.717, 1.165) is 30.0 Å². The van der Waals surface area contributed by atoms with Gasteiger partial charge < -0.3 is 35.2 Å². The summed E-state index contributed by atoms with van der Waals surface area (Å²) in [4.78, 5) is 47.7. The number of carboxylic acid groups (broad SMARTS) is 2. The molecule has 12 heteroatoms. The normalized spacial score (nSPS) is 12.4. The molecule has 0 saturated carbocycles. The highest BCUT2D eigenvalue weighted by Gasteiger charge is 2.30. The maximum absolute atomic E-state index is 13.4. The van der Waals surface area contributed by atoms with Crippen molar-refractivity contribution in [1.82, 2.24) is 5.32 Å². The van der Waals surface area contributed by atoms with Crippen molar-refractivity contribution in [2.75, 3.05) is 49.2 Å². The summed E-state index contributed by atoms with van der Waals surface area (Å²) in [6, 6.07) is 13.1. The summed E-state index contributed by atoms with van der Waals surface area (Å²) in [5.41, 5.74) is 3.09. The number of ether oxygens (including phenoxy) is 1. The van der Waals surface area contributed by atoms with Crippen molar-refractivity contribution in [2.45, 2.75) is 19.8 Å². The van der Waals surface area contributed by atoms with Crippen LogP contribution in [0.15, 0.2) is 66.8 Å². The summed E-state index contributed by atoms with van der Waals surface area (Å²) in [7, 11) is 0. The number of carbonyl (C=O) groups is 4. The molecule has 0 bridgehead atoms. The van der Waals surface area contributed by atoms with Crippen molar-refractivity contribution in [3.05, 3.63) is 77.4 Å². The number of halogens is 1. The van der Waals surface area contributed by atoms with E-state index in [2.05, 4.69) is 10.2 Å². The number of nitrogens with one attached hydrogen (secondary N) is 1. The van der Waals surface area contributed by atoms with E-state index < -0.39 is 11.9 Å². The zero-order valence-electron chi connectivity index (χ0n) is 22.7. The predicted octanol–water partition coefficient (Wildman–Crippen LogP) is 3.63. The number of aliphatic hydroxyl groups is 1. The number of benzene rings is 2. The largest absolute Gasteiger partial charge is 0.478 e. The summed E-state index contributed by atoms with van der Waals surface area (Å²) in [6.07, 6.45) is 5.58. The van der Waals surface area contributed by atoms with E-state index in [4.69, 9.17) is 26.6 Å². The monoisotopic (exact) mass is 587 g/mol. The quantitative estimate of drug-likeness (QED) is 0.155. The Morgan fingerprint density at radius 3 is 2.17 bits per heavy atom. The van der Waals surface area contributed by atoms with Gasteiger partial charge in [-0.2, -0.15) is 0 Å². The van der Waals surface area contributed by atoms with Crippen LogP contribution >= 0.6 is 11.6 Å². The van der Waals surface area contributed by atoms with Gasteiger partial charge in [0.05, 0.1) is 29.2 Å². The Morgan fingerprint density at radius 2 is 1.56 bits per heavy atom. The SMILES string of the molecule is CCOC(=O)/C=C/CNCCCN1c2cc(Cl)ccc2C(=O)N(CCCO)c2ccccc21.O=C(O)/C=C\C(=O)O. The molecule has 1 amide bonds. The first-order valence-corrected chi connectivity index (χ1v) is 13.3. The van der Waals surface area contributed by atoms with E-state index in [1.165, 1.54) is 6.08 Å². The molecule has 4 N–H and O–H groups in total. The molecule has 0 aliphatic carbocycles. The Bertz CT molecular complexity index is 1250. The lowest BCUT2D eigenvalue weighted by Crippen LogP contribution is -2.31. The van der Waals surface area contributed by atoms with Gasteiger partial charge in [-0.1, -0.05) is 29.8 Å². The fourth-order valence-electron chi connectivity index (χ4n) is 3.94. The third kappa shape index (κ3) is 10.7. The van der Waals surface area contributed by atoms with E-state index in [0.29, 0.717) is 55.4 Å². The number of aliphatic carboxylic acids is 2. The Hall–Kier alpha value is -4.19. The maximum atomic E-state index is 13.4. The molecule has 1 aliphatic heterocycles. The lowest BCUT2D eigenvalue weighted by Gasteiger charge is -2.27. The summed E-state index contributed by atoms with van der Waals surface area (Å²) in [6.45, 7) is 4.53. The number of carboxylic acids is 2. The van der Waals surface area contributed by atoms with Crippen LogP contribution in [0.3, 0.4) is 0 Å². The molecule has 0 fully saturated rings. The van der Waals surface area contributed by atoms with Crippen LogP contribution < -0.4 is 15.1 Å². The molecular formula is C29H34ClN3O8. The first-order chi connectivity index (χ1) is 19.7. The average molecular weight is 588 g/mol. The number of rotatable bonds is 13. The second kappa shape index (κ2) is 17.5. The smallest absolute Gasteiger partial charge is 0.330 e. The van der Waals surface area contributed by atoms with Crippen LogP contribution in [-0.4, -0.2) is 78.5 Å². The molecule has 0 radical (unpaired) electrons. The van der Waals surface area contributed by atoms with Crippen LogP contribution in [0.1, 0.15) is 30.1 Å². The standard InChI is InChI=1S/C25H30ClN3O4.C4H4O4/c1-2-33-24(31)10-5-13-27-14-6-15-28-21-8-3-4-9-22(21)29(16-7-17-30)25(32)20-12-11-19(26)18-23(20)28;5-3(6)1-2-4(7)8/h3-5,8-12,18,27,30H,2,6-7,13-17H2,1H3;1-2H,(H,5,6)(H,7,8)/b10-5+;2-1-. The summed E-state index contributed by atoms with van der Waals surface area (Å²) < 4.78 is 4.86. The van der Waals surface area contributed by atoms with Gasteiger partial charge in [-0.15, -0.1) is 0 Å². The van der Waals surface area contributed by atoms with E-state index in [1.807, 2.05) is 30.3 Å². The Labute approximate surface area is 243 Å². The van der Waals surface area contributed by atoms with Gasteiger partial charge in [0.1, 0.15) is 0 Å². The zero-order chi connectivity index (χ0) is 30.2. The summed E-state index contributed by atoms with van der Waals surface area (Å²) in [5, 5.41) is 28.8. The molecule has 11 nitrogen and oxygen atoms in total. The number of fused-ring (bicyclic) bond motifs is 2. The van der Waals surface area contributed by atoms with Crippen LogP contribution in [-0.2, 0) is 19.1 Å². The van der Waals surface area contributed by atoms with Crippen molar-refractivity contribution < 1.29 is 39.2 Å². The van der Waals surface area contributed by atoms with Gasteiger partial charge in [-0.3, -0.25) is 4.79 Å². The van der Waals surface area contributed by atoms with E-state index in [1.54, 1.807) is 30.0 Å². The number of aliphatic hydroxyl groups excluding tert-OH is 1. The van der Waals surface area contributed by atoms with Crippen molar-refractivity contribution in [3.63, 3.8) is 0 Å². The zero-order valence-corrected chi connectivity index (χ0v) is 23.4. The molecule has 0 saturated heterocycles. The van der Waals surface area contributed by atoms with Gasteiger partial charge in [0.2, 0.25) is 0 Å². The van der Waals surface area contributed by atoms with Crippen LogP contribution in [0, 0.1) is 0 Å². The number of carbonyl (C=O) groups excluding carboxylic acids is 2. The molecule has 1 heterocycles. The molecule has 2 aromatic rings. The fraction of sp³-hybridized carbons (Fsp3) is 0.310. The Balaban J connectivity index is 0.000000642. The minimum Gasteiger partial charge on any atom is -0.478 e. The fourth-order valence-corrected chi connectivity index (χ4v) is 4.11. The summed E-state index contributed by atoms with van der Waals surface area (Å²) >= 11 is 6.31. The molecule has 3 rings (SSSR count). The lowest BCUT2D eigenvalue weighted by atomic mass is 10.1. The van der Waals surface area contributed by atoms with E-state index >= 15 is 0 Å². The van der Waals surface area contributed by atoms with Crippen LogP contribution in [0.4, 0.5) is 17.1 Å². The van der Waals surface area contributed by atoms with Gasteiger partial charge in [-0.25, -0.2) is 14.4 Å². The first kappa shape index (κ1) is 33.0. The minimum absolute atomic E-state index is 0.0133. The number of anilines is 3. The van der Waals surface area contributed by atoms with E-state index in [9.17, 15) is 24.3 Å². The number of esters is 1. The third-order valence-electron chi connectivity index (χ3n) is 5.64. The van der Waals surface area contributed by atoms with Gasteiger partial charge in [-0.05, 0) is 56.6 Å². The topological polar surface area (TPSA) is 157 Å². The van der Waals surface area contributed by atoms with Gasteiger partial charge in [0.25, 0.3) is 5.91 Å². The molecule has 41 heavy (non-hydrogen) atoms. The Kier molecular flexibility index (Phi) is 14.1. The molecule has 0 aromatic heterocycles. The number of para-hydroxylation sites is 2. The third-order valence-corrected chi connectivity index (χ3v) is 5.87. The number of hydrogen-bond donors (Lipinski definition) is 4. The van der Waals surface area contributed by atoms with Crippen molar-refractivity contribution >= 4 is 52.5 Å². The molecule has 0 unspecified atom stereocenters.